The fourth-order valence-electron chi connectivity index (χ4n) is 1.61. The van der Waals surface area contributed by atoms with Crippen LogP contribution >= 0.6 is 0 Å². The molecule has 1 N–H and O–H groups in total. The summed E-state index contributed by atoms with van der Waals surface area (Å²) in [4.78, 5) is 11.5. The van der Waals surface area contributed by atoms with E-state index in [1.54, 1.807) is 13.0 Å². The molecule has 1 heterocycles. The number of rotatable bonds is 2. The highest BCUT2D eigenvalue weighted by Crippen LogP contribution is 2.12. The van der Waals surface area contributed by atoms with Gasteiger partial charge >= 0.3 is 0 Å². The summed E-state index contributed by atoms with van der Waals surface area (Å²) in [5.41, 5.74) is 1.81. The average molecular weight is 237 g/mol. The Labute approximate surface area is 104 Å². The molecule has 4 heteroatoms. The first-order valence-electron chi connectivity index (χ1n) is 5.45. The van der Waals surface area contributed by atoms with E-state index in [4.69, 9.17) is 5.26 Å². The van der Waals surface area contributed by atoms with Gasteiger partial charge in [-0.05, 0) is 12.5 Å². The standard InChI is InChI=1S/C14H11N3O/c1-10-12(13(9-15)14(18)17-16-10)8-7-11-5-3-2-4-6-11/h2-8H,1H3,(H,17,18). The molecule has 0 bridgehead atoms. The van der Waals surface area contributed by atoms with Crippen LogP contribution in [0, 0.1) is 18.3 Å². The van der Waals surface area contributed by atoms with Crippen molar-refractivity contribution >= 4 is 12.2 Å². The summed E-state index contributed by atoms with van der Waals surface area (Å²) in [6.45, 7) is 1.75. The van der Waals surface area contributed by atoms with E-state index in [0.29, 0.717) is 11.3 Å². The van der Waals surface area contributed by atoms with Gasteiger partial charge in [0, 0.05) is 5.56 Å². The first-order valence-corrected chi connectivity index (χ1v) is 5.45. The van der Waals surface area contributed by atoms with Crippen molar-refractivity contribution in [1.82, 2.24) is 10.2 Å². The molecule has 1 aromatic carbocycles. The number of aromatic nitrogens is 2. The average Bonchev–Trinajstić information content (AvgIpc) is 2.41. The van der Waals surface area contributed by atoms with E-state index in [9.17, 15) is 4.79 Å². The molecule has 0 radical (unpaired) electrons. The normalized spacial score (nSPS) is 10.4. The molecule has 0 unspecified atom stereocenters. The molecule has 0 aliphatic heterocycles. The van der Waals surface area contributed by atoms with Crippen LogP contribution in [0.1, 0.15) is 22.4 Å². The third-order valence-electron chi connectivity index (χ3n) is 2.57. The van der Waals surface area contributed by atoms with Crippen molar-refractivity contribution < 1.29 is 0 Å². The van der Waals surface area contributed by atoms with E-state index < -0.39 is 5.56 Å². The first kappa shape index (κ1) is 11.8. The summed E-state index contributed by atoms with van der Waals surface area (Å²) in [5, 5.41) is 15.1. The topological polar surface area (TPSA) is 69.5 Å². The van der Waals surface area contributed by atoms with Crippen molar-refractivity contribution in [3.05, 3.63) is 63.1 Å². The van der Waals surface area contributed by atoms with E-state index >= 15 is 0 Å². The molecule has 88 valence electrons. The SMILES string of the molecule is Cc1n[nH]c(=O)c(C#N)c1C=Cc1ccccc1. The number of aromatic amines is 1. The fraction of sp³-hybridized carbons (Fsp3) is 0.0714. The zero-order valence-electron chi connectivity index (χ0n) is 9.84. The van der Waals surface area contributed by atoms with Gasteiger partial charge in [-0.15, -0.1) is 0 Å². The molecule has 2 aromatic rings. The summed E-state index contributed by atoms with van der Waals surface area (Å²) in [5.74, 6) is 0. The minimum absolute atomic E-state index is 0.0923. The van der Waals surface area contributed by atoms with E-state index in [2.05, 4.69) is 10.2 Å². The fourth-order valence-corrected chi connectivity index (χ4v) is 1.61. The van der Waals surface area contributed by atoms with Crippen molar-refractivity contribution in [2.45, 2.75) is 6.92 Å². The molecule has 0 saturated carbocycles. The largest absolute Gasteiger partial charge is 0.282 e. The highest BCUT2D eigenvalue weighted by atomic mass is 16.1. The van der Waals surface area contributed by atoms with Crippen molar-refractivity contribution in [1.29, 1.82) is 5.26 Å². The highest BCUT2D eigenvalue weighted by Gasteiger charge is 2.07. The van der Waals surface area contributed by atoms with Crippen molar-refractivity contribution in [3.8, 4) is 6.07 Å². The molecule has 0 aliphatic rings. The number of nitriles is 1. The van der Waals surface area contributed by atoms with Crippen LogP contribution in [0.15, 0.2) is 35.1 Å². The third kappa shape index (κ3) is 2.36. The summed E-state index contributed by atoms with van der Waals surface area (Å²) < 4.78 is 0. The summed E-state index contributed by atoms with van der Waals surface area (Å²) in [7, 11) is 0. The summed E-state index contributed by atoms with van der Waals surface area (Å²) in [6.07, 6.45) is 3.59. The van der Waals surface area contributed by atoms with Crippen LogP contribution in [0.25, 0.3) is 12.2 Å². The van der Waals surface area contributed by atoms with Crippen LogP contribution in [0.3, 0.4) is 0 Å². The number of aryl methyl sites for hydroxylation is 1. The lowest BCUT2D eigenvalue weighted by Crippen LogP contribution is -2.15. The highest BCUT2D eigenvalue weighted by molar-refractivity contribution is 5.73. The molecular weight excluding hydrogens is 226 g/mol. The van der Waals surface area contributed by atoms with Crippen molar-refractivity contribution in [2.75, 3.05) is 0 Å². The van der Waals surface area contributed by atoms with E-state index in [1.807, 2.05) is 42.5 Å². The monoisotopic (exact) mass is 237 g/mol. The van der Waals surface area contributed by atoms with Crippen molar-refractivity contribution in [3.63, 3.8) is 0 Å². The maximum atomic E-state index is 11.5. The Hall–Kier alpha value is -2.67. The van der Waals surface area contributed by atoms with Gasteiger partial charge in [0.05, 0.1) is 5.69 Å². The van der Waals surface area contributed by atoms with Gasteiger partial charge in [-0.3, -0.25) is 4.79 Å². The zero-order valence-corrected chi connectivity index (χ0v) is 9.84. The van der Waals surface area contributed by atoms with E-state index in [0.717, 1.165) is 5.56 Å². The Kier molecular flexibility index (Phi) is 3.35. The zero-order chi connectivity index (χ0) is 13.0. The molecule has 0 fully saturated rings. The predicted octanol–water partition coefficient (Wildman–Crippen LogP) is 2.12. The Balaban J connectivity index is 2.47. The number of nitrogens with one attached hydrogen (secondary N) is 1. The molecular formula is C14H11N3O. The third-order valence-corrected chi connectivity index (χ3v) is 2.57. The van der Waals surface area contributed by atoms with Gasteiger partial charge in [0.25, 0.3) is 5.56 Å². The smallest absolute Gasteiger partial charge is 0.266 e. The Morgan fingerprint density at radius 1 is 1.28 bits per heavy atom. The minimum Gasteiger partial charge on any atom is -0.266 e. The van der Waals surface area contributed by atoms with Crippen LogP contribution < -0.4 is 5.56 Å². The molecule has 4 nitrogen and oxygen atoms in total. The summed E-state index contributed by atoms with van der Waals surface area (Å²) in [6, 6.07) is 11.6. The second-order valence-corrected chi connectivity index (χ2v) is 3.78. The van der Waals surface area contributed by atoms with Crippen molar-refractivity contribution in [2.24, 2.45) is 0 Å². The van der Waals surface area contributed by atoms with Crippen LogP contribution in [0.5, 0.6) is 0 Å². The molecule has 0 saturated heterocycles. The molecule has 0 spiro atoms. The minimum atomic E-state index is -0.462. The van der Waals surface area contributed by atoms with Gasteiger partial charge in [-0.25, -0.2) is 5.10 Å². The molecule has 0 amide bonds. The van der Waals surface area contributed by atoms with Crippen LogP contribution in [0.4, 0.5) is 0 Å². The van der Waals surface area contributed by atoms with Gasteiger partial charge in [-0.1, -0.05) is 42.5 Å². The molecule has 18 heavy (non-hydrogen) atoms. The Morgan fingerprint density at radius 2 is 2.00 bits per heavy atom. The van der Waals surface area contributed by atoms with Gasteiger partial charge in [0.15, 0.2) is 0 Å². The van der Waals surface area contributed by atoms with Gasteiger partial charge < -0.3 is 0 Å². The van der Waals surface area contributed by atoms with Crippen LogP contribution in [-0.4, -0.2) is 10.2 Å². The molecule has 0 atom stereocenters. The molecule has 1 aromatic heterocycles. The van der Waals surface area contributed by atoms with Crippen LogP contribution in [-0.2, 0) is 0 Å². The van der Waals surface area contributed by atoms with Crippen LogP contribution in [0.2, 0.25) is 0 Å². The number of benzene rings is 1. The predicted molar refractivity (Wildman–Crippen MR) is 69.7 cm³/mol. The Morgan fingerprint density at radius 3 is 2.67 bits per heavy atom. The maximum absolute atomic E-state index is 11.5. The molecule has 0 aliphatic carbocycles. The van der Waals surface area contributed by atoms with Gasteiger partial charge in [0.2, 0.25) is 0 Å². The second-order valence-electron chi connectivity index (χ2n) is 3.78. The lowest BCUT2D eigenvalue weighted by atomic mass is 10.1. The Bertz CT molecular complexity index is 678. The first-order chi connectivity index (χ1) is 8.72. The summed E-state index contributed by atoms with van der Waals surface area (Å²) >= 11 is 0. The number of hydrogen-bond donors (Lipinski definition) is 1. The molecule has 2 rings (SSSR count). The number of hydrogen-bond acceptors (Lipinski definition) is 3. The number of H-pyrrole nitrogens is 1. The van der Waals surface area contributed by atoms with Gasteiger partial charge in [0.1, 0.15) is 11.6 Å². The van der Waals surface area contributed by atoms with E-state index in [-0.39, 0.29) is 5.56 Å². The lowest BCUT2D eigenvalue weighted by molar-refractivity contribution is 0.934. The maximum Gasteiger partial charge on any atom is 0.282 e. The second kappa shape index (κ2) is 5.11. The van der Waals surface area contributed by atoms with Gasteiger partial charge in [-0.2, -0.15) is 10.4 Å². The number of nitrogens with zero attached hydrogens (tertiary/aromatic N) is 2. The lowest BCUT2D eigenvalue weighted by Gasteiger charge is -2.00. The van der Waals surface area contributed by atoms with E-state index in [1.165, 1.54) is 0 Å². The quantitative estimate of drug-likeness (QED) is 0.869.